The molecule has 25 heavy (non-hydrogen) atoms. The third-order valence-electron chi connectivity index (χ3n) is 3.44. The van der Waals surface area contributed by atoms with Gasteiger partial charge in [0.1, 0.15) is 5.82 Å². The van der Waals surface area contributed by atoms with Crippen LogP contribution in [0.2, 0.25) is 0 Å². The van der Waals surface area contributed by atoms with Crippen LogP contribution in [0.3, 0.4) is 0 Å². The molecule has 2 aromatic rings. The van der Waals surface area contributed by atoms with Crippen molar-refractivity contribution < 1.29 is 36.2 Å². The highest BCUT2D eigenvalue weighted by atomic mass is 19.4. The summed E-state index contributed by atoms with van der Waals surface area (Å²) in [5.74, 6) is -6.15. The highest BCUT2D eigenvalue weighted by Crippen LogP contribution is 2.39. The van der Waals surface area contributed by atoms with Gasteiger partial charge in [0.25, 0.3) is 11.5 Å². The van der Waals surface area contributed by atoms with Gasteiger partial charge in [-0.25, -0.2) is 13.2 Å². The van der Waals surface area contributed by atoms with Crippen molar-refractivity contribution in [3.8, 4) is 0 Å². The second-order valence-corrected chi connectivity index (χ2v) is 5.12. The zero-order valence-electron chi connectivity index (χ0n) is 12.4. The molecule has 2 rings (SSSR count). The van der Waals surface area contributed by atoms with E-state index in [1.54, 1.807) is 5.32 Å². The number of amides is 1. The number of carbonyl (C=O) groups excluding carboxylic acids is 1. The zero-order valence-corrected chi connectivity index (χ0v) is 12.4. The van der Waals surface area contributed by atoms with Gasteiger partial charge in [-0.1, -0.05) is 30.3 Å². The van der Waals surface area contributed by atoms with Crippen LogP contribution in [0.5, 0.6) is 0 Å². The van der Waals surface area contributed by atoms with E-state index in [1.807, 2.05) is 0 Å². The maximum atomic E-state index is 13.5. The predicted octanol–water partition coefficient (Wildman–Crippen LogP) is 3.17. The standard InChI is InChI=1S/C16H11F6NO2/c17-11-6-9(13(19)12(18)7-11)8-23-14(24)15(25,16(20,21)22)10-4-2-1-3-5-10/h1-7,25H,8H2,(H,23,24)/t15-/m1/s1. The summed E-state index contributed by atoms with van der Waals surface area (Å²) in [5.41, 5.74) is -5.37. The van der Waals surface area contributed by atoms with Gasteiger partial charge in [-0.3, -0.25) is 4.79 Å². The second kappa shape index (κ2) is 6.75. The Kier molecular flexibility index (Phi) is 5.07. The van der Waals surface area contributed by atoms with E-state index < -0.39 is 52.8 Å². The van der Waals surface area contributed by atoms with Gasteiger partial charge in [-0.05, 0) is 6.07 Å². The fourth-order valence-electron chi connectivity index (χ4n) is 2.14. The first-order valence-corrected chi connectivity index (χ1v) is 6.83. The average Bonchev–Trinajstić information content (AvgIpc) is 2.55. The Morgan fingerprint density at radius 1 is 1.04 bits per heavy atom. The first-order chi connectivity index (χ1) is 11.6. The monoisotopic (exact) mass is 363 g/mol. The summed E-state index contributed by atoms with van der Waals surface area (Å²) in [5, 5.41) is 11.6. The van der Waals surface area contributed by atoms with Gasteiger partial charge < -0.3 is 10.4 Å². The van der Waals surface area contributed by atoms with E-state index in [-0.39, 0.29) is 6.07 Å². The molecular formula is C16H11F6NO2. The van der Waals surface area contributed by atoms with Crippen molar-refractivity contribution in [1.29, 1.82) is 0 Å². The van der Waals surface area contributed by atoms with Crippen molar-refractivity contribution >= 4 is 5.91 Å². The molecule has 0 aromatic heterocycles. The van der Waals surface area contributed by atoms with Crippen molar-refractivity contribution in [2.45, 2.75) is 18.3 Å². The molecular weight excluding hydrogens is 352 g/mol. The Morgan fingerprint density at radius 2 is 1.64 bits per heavy atom. The van der Waals surface area contributed by atoms with Crippen LogP contribution < -0.4 is 5.32 Å². The smallest absolute Gasteiger partial charge is 0.369 e. The summed E-state index contributed by atoms with van der Waals surface area (Å²) in [6.07, 6.45) is -5.38. The third-order valence-corrected chi connectivity index (χ3v) is 3.44. The van der Waals surface area contributed by atoms with Gasteiger partial charge in [-0.15, -0.1) is 0 Å². The van der Waals surface area contributed by atoms with Crippen LogP contribution in [0.4, 0.5) is 26.3 Å². The normalized spacial score (nSPS) is 14.0. The molecule has 0 saturated heterocycles. The summed E-state index contributed by atoms with van der Waals surface area (Å²) in [4.78, 5) is 12.0. The molecule has 0 aliphatic carbocycles. The highest BCUT2D eigenvalue weighted by Gasteiger charge is 2.60. The molecule has 0 fully saturated rings. The molecule has 0 unspecified atom stereocenters. The number of hydrogen-bond acceptors (Lipinski definition) is 2. The summed E-state index contributed by atoms with van der Waals surface area (Å²) in [6, 6.07) is 6.28. The van der Waals surface area contributed by atoms with Crippen molar-refractivity contribution in [2.75, 3.05) is 0 Å². The number of alkyl halides is 3. The molecule has 0 radical (unpaired) electrons. The van der Waals surface area contributed by atoms with E-state index >= 15 is 0 Å². The zero-order chi connectivity index (χ0) is 18.8. The minimum atomic E-state index is -5.38. The molecule has 0 aliphatic rings. The van der Waals surface area contributed by atoms with Gasteiger partial charge in [0.15, 0.2) is 11.6 Å². The topological polar surface area (TPSA) is 49.3 Å². The largest absolute Gasteiger partial charge is 0.430 e. The molecule has 0 heterocycles. The molecule has 9 heteroatoms. The first-order valence-electron chi connectivity index (χ1n) is 6.83. The van der Waals surface area contributed by atoms with E-state index in [0.29, 0.717) is 6.07 Å². The molecule has 2 aromatic carbocycles. The number of halogens is 6. The Labute approximate surface area is 137 Å². The fraction of sp³-hybridized carbons (Fsp3) is 0.188. The van der Waals surface area contributed by atoms with Gasteiger partial charge in [0.2, 0.25) is 0 Å². The van der Waals surface area contributed by atoms with Crippen LogP contribution in [-0.2, 0) is 16.9 Å². The van der Waals surface area contributed by atoms with Crippen molar-refractivity contribution in [2.24, 2.45) is 0 Å². The van der Waals surface area contributed by atoms with Gasteiger partial charge in [-0.2, -0.15) is 13.2 Å². The summed E-state index contributed by atoms with van der Waals surface area (Å²) in [7, 11) is 0. The molecule has 0 saturated carbocycles. The summed E-state index contributed by atoms with van der Waals surface area (Å²) < 4.78 is 79.5. The lowest BCUT2D eigenvalue weighted by Crippen LogP contribution is -2.54. The molecule has 1 atom stereocenters. The van der Waals surface area contributed by atoms with Gasteiger partial charge in [0.05, 0.1) is 0 Å². The molecule has 0 spiro atoms. The summed E-state index contributed by atoms with van der Waals surface area (Å²) in [6.45, 7) is -0.954. The lowest BCUT2D eigenvalue weighted by molar-refractivity contribution is -0.257. The van der Waals surface area contributed by atoms with Crippen LogP contribution in [0.25, 0.3) is 0 Å². The first kappa shape index (κ1) is 18.8. The SMILES string of the molecule is O=C(NCc1cc(F)cc(F)c1F)[C@](O)(c1ccccc1)C(F)(F)F. The Hall–Kier alpha value is -2.55. The highest BCUT2D eigenvalue weighted by molar-refractivity contribution is 5.87. The number of carbonyl (C=O) groups is 1. The summed E-state index contributed by atoms with van der Waals surface area (Å²) >= 11 is 0. The molecule has 2 N–H and O–H groups in total. The number of rotatable bonds is 4. The minimum Gasteiger partial charge on any atom is -0.369 e. The third kappa shape index (κ3) is 3.60. The number of aliphatic hydroxyl groups is 1. The van der Waals surface area contributed by atoms with E-state index in [9.17, 15) is 36.2 Å². The van der Waals surface area contributed by atoms with E-state index in [0.717, 1.165) is 12.1 Å². The van der Waals surface area contributed by atoms with E-state index in [4.69, 9.17) is 0 Å². The molecule has 0 aliphatic heterocycles. The minimum absolute atomic E-state index is 0.247. The van der Waals surface area contributed by atoms with Crippen LogP contribution in [-0.4, -0.2) is 17.2 Å². The Balaban J connectivity index is 2.31. The van der Waals surface area contributed by atoms with Crippen molar-refractivity contribution in [3.63, 3.8) is 0 Å². The lowest BCUT2D eigenvalue weighted by Gasteiger charge is -2.29. The number of hydrogen-bond donors (Lipinski definition) is 2. The molecule has 1 amide bonds. The van der Waals surface area contributed by atoms with E-state index in [1.165, 1.54) is 18.2 Å². The average molecular weight is 363 g/mol. The predicted molar refractivity (Wildman–Crippen MR) is 74.6 cm³/mol. The Bertz CT molecular complexity index is 778. The maximum Gasteiger partial charge on any atom is 0.430 e. The van der Waals surface area contributed by atoms with Crippen LogP contribution in [0.15, 0.2) is 42.5 Å². The maximum absolute atomic E-state index is 13.5. The Morgan fingerprint density at radius 3 is 2.20 bits per heavy atom. The van der Waals surface area contributed by atoms with Crippen LogP contribution >= 0.6 is 0 Å². The lowest BCUT2D eigenvalue weighted by atomic mass is 9.92. The van der Waals surface area contributed by atoms with E-state index in [2.05, 4.69) is 0 Å². The van der Waals surface area contributed by atoms with Crippen LogP contribution in [0, 0.1) is 17.5 Å². The molecule has 0 bridgehead atoms. The van der Waals surface area contributed by atoms with Crippen molar-refractivity contribution in [1.82, 2.24) is 5.32 Å². The quantitative estimate of drug-likeness (QED) is 0.648. The van der Waals surface area contributed by atoms with Crippen LogP contribution in [0.1, 0.15) is 11.1 Å². The second-order valence-electron chi connectivity index (χ2n) is 5.12. The molecule has 134 valence electrons. The van der Waals surface area contributed by atoms with Gasteiger partial charge >= 0.3 is 6.18 Å². The molecule has 3 nitrogen and oxygen atoms in total. The number of nitrogens with one attached hydrogen (secondary N) is 1. The van der Waals surface area contributed by atoms with Crippen molar-refractivity contribution in [3.05, 3.63) is 71.0 Å². The fourth-order valence-corrected chi connectivity index (χ4v) is 2.14. The van der Waals surface area contributed by atoms with Gasteiger partial charge in [0, 0.05) is 23.7 Å². The number of benzene rings is 2.